The van der Waals surface area contributed by atoms with Crippen LogP contribution in [0.15, 0.2) is 71.6 Å². The van der Waals surface area contributed by atoms with Crippen LogP contribution in [0.5, 0.6) is 0 Å². The molecule has 3 nitrogen and oxygen atoms in total. The van der Waals surface area contributed by atoms with Crippen molar-refractivity contribution in [1.29, 1.82) is 0 Å². The second-order valence-corrected chi connectivity index (χ2v) is 8.08. The summed E-state index contributed by atoms with van der Waals surface area (Å²) in [6.45, 7) is 1.94. The predicted molar refractivity (Wildman–Crippen MR) is 117 cm³/mol. The normalized spacial score (nSPS) is 10.5. The summed E-state index contributed by atoms with van der Waals surface area (Å²) in [7, 11) is 0. The molecule has 3 rings (SSSR count). The predicted octanol–water partition coefficient (Wildman–Crippen LogP) is 6.53. The lowest BCUT2D eigenvalue weighted by Gasteiger charge is -2.08. The molecule has 3 aromatic carbocycles. The van der Waals surface area contributed by atoms with Crippen molar-refractivity contribution in [3.05, 3.63) is 93.5 Å². The van der Waals surface area contributed by atoms with Crippen LogP contribution < -0.4 is 5.32 Å². The number of ketones is 1. The molecule has 0 atom stereocenters. The Hall–Kier alpha value is -2.27. The lowest BCUT2D eigenvalue weighted by Crippen LogP contribution is -2.11. The van der Waals surface area contributed by atoms with Gasteiger partial charge in [0.25, 0.3) is 5.91 Å². The number of aryl methyl sites for hydroxylation is 1. The van der Waals surface area contributed by atoms with E-state index in [1.54, 1.807) is 24.3 Å². The molecular formula is C22H17Cl2NO2S. The van der Waals surface area contributed by atoms with E-state index >= 15 is 0 Å². The highest BCUT2D eigenvalue weighted by Crippen LogP contribution is 2.26. The number of rotatable bonds is 6. The van der Waals surface area contributed by atoms with Gasteiger partial charge in [-0.3, -0.25) is 9.59 Å². The van der Waals surface area contributed by atoms with Crippen molar-refractivity contribution in [2.75, 3.05) is 11.1 Å². The number of carbonyl (C=O) groups is 2. The number of nitrogens with one attached hydrogen (secondary N) is 1. The van der Waals surface area contributed by atoms with Crippen LogP contribution in [0, 0.1) is 6.92 Å². The first kappa shape index (κ1) is 20.5. The Morgan fingerprint density at radius 3 is 2.50 bits per heavy atom. The van der Waals surface area contributed by atoms with E-state index in [-0.39, 0.29) is 17.4 Å². The molecule has 6 heteroatoms. The fourth-order valence-corrected chi connectivity index (χ4v) is 3.95. The topological polar surface area (TPSA) is 46.2 Å². The van der Waals surface area contributed by atoms with E-state index in [4.69, 9.17) is 23.2 Å². The van der Waals surface area contributed by atoms with Gasteiger partial charge in [-0.25, -0.2) is 0 Å². The second kappa shape index (κ2) is 9.28. The number of halogens is 2. The van der Waals surface area contributed by atoms with E-state index in [2.05, 4.69) is 5.32 Å². The van der Waals surface area contributed by atoms with Gasteiger partial charge < -0.3 is 5.32 Å². The van der Waals surface area contributed by atoms with Crippen molar-refractivity contribution >= 4 is 52.3 Å². The van der Waals surface area contributed by atoms with E-state index < -0.39 is 0 Å². The minimum absolute atomic E-state index is 0.0825. The number of benzene rings is 3. The number of carbonyl (C=O) groups excluding carboxylic acids is 2. The fourth-order valence-electron chi connectivity index (χ4n) is 2.60. The molecule has 28 heavy (non-hydrogen) atoms. The highest BCUT2D eigenvalue weighted by Gasteiger charge is 2.12. The lowest BCUT2D eigenvalue weighted by molar-refractivity contribution is 0.101. The number of amides is 1. The summed E-state index contributed by atoms with van der Waals surface area (Å²) >= 11 is 13.4. The molecule has 0 aromatic heterocycles. The fraction of sp³-hybridized carbons (Fsp3) is 0.0909. The molecule has 1 N–H and O–H groups in total. The Morgan fingerprint density at radius 1 is 0.964 bits per heavy atom. The number of hydrogen-bond donors (Lipinski definition) is 1. The van der Waals surface area contributed by atoms with Gasteiger partial charge in [0.1, 0.15) is 0 Å². The Balaban J connectivity index is 1.64. The standard InChI is InChI=1S/C22H17Cl2NO2S/c1-14-4-2-5-15(10-14)22(27)25-17-6-3-7-18(12-17)28-13-21(26)19-9-8-16(23)11-20(19)24/h2-12H,13H2,1H3,(H,25,27). The molecule has 1 amide bonds. The largest absolute Gasteiger partial charge is 0.322 e. The number of thioether (sulfide) groups is 1. The van der Waals surface area contributed by atoms with Gasteiger partial charge in [0.15, 0.2) is 5.78 Å². The Labute approximate surface area is 178 Å². The molecule has 0 aliphatic heterocycles. The van der Waals surface area contributed by atoms with Gasteiger partial charge in [0.05, 0.1) is 10.8 Å². The molecule has 3 aromatic rings. The van der Waals surface area contributed by atoms with Crippen molar-refractivity contribution in [3.8, 4) is 0 Å². The van der Waals surface area contributed by atoms with Crippen molar-refractivity contribution in [2.45, 2.75) is 11.8 Å². The number of Topliss-reactive ketones (excluding diaryl/α,β-unsaturated/α-hetero) is 1. The first-order valence-electron chi connectivity index (χ1n) is 8.51. The quantitative estimate of drug-likeness (QED) is 0.357. The van der Waals surface area contributed by atoms with E-state index in [1.807, 2.05) is 49.4 Å². The average Bonchev–Trinajstić information content (AvgIpc) is 2.66. The maximum absolute atomic E-state index is 12.4. The molecule has 142 valence electrons. The van der Waals surface area contributed by atoms with Gasteiger partial charge in [0.2, 0.25) is 0 Å². The molecule has 0 saturated heterocycles. The zero-order valence-corrected chi connectivity index (χ0v) is 17.4. The zero-order valence-electron chi connectivity index (χ0n) is 15.0. The van der Waals surface area contributed by atoms with Crippen LogP contribution in [-0.4, -0.2) is 17.4 Å². The van der Waals surface area contributed by atoms with Crippen molar-refractivity contribution in [2.24, 2.45) is 0 Å². The lowest BCUT2D eigenvalue weighted by atomic mass is 10.1. The summed E-state index contributed by atoms with van der Waals surface area (Å²) in [5.41, 5.74) is 2.75. The molecule has 0 radical (unpaired) electrons. The third kappa shape index (κ3) is 5.38. The summed E-state index contributed by atoms with van der Waals surface area (Å²) in [6, 6.07) is 19.6. The number of hydrogen-bond acceptors (Lipinski definition) is 3. The monoisotopic (exact) mass is 429 g/mol. The molecule has 0 aliphatic rings. The molecular weight excluding hydrogens is 413 g/mol. The van der Waals surface area contributed by atoms with Crippen LogP contribution in [0.1, 0.15) is 26.3 Å². The van der Waals surface area contributed by atoms with Crippen LogP contribution in [0.3, 0.4) is 0 Å². The van der Waals surface area contributed by atoms with E-state index in [9.17, 15) is 9.59 Å². The third-order valence-corrected chi connectivity index (χ3v) is 5.52. The summed E-state index contributed by atoms with van der Waals surface area (Å²) in [5.74, 6) is -0.0212. The Morgan fingerprint density at radius 2 is 1.75 bits per heavy atom. The Bertz CT molecular complexity index is 1040. The van der Waals surface area contributed by atoms with E-state index in [0.717, 1.165) is 10.5 Å². The summed E-state index contributed by atoms with van der Waals surface area (Å²) in [5, 5.41) is 3.72. The molecule has 0 unspecified atom stereocenters. The molecule has 0 bridgehead atoms. The molecule has 0 heterocycles. The highest BCUT2D eigenvalue weighted by atomic mass is 35.5. The SMILES string of the molecule is Cc1cccc(C(=O)Nc2cccc(SCC(=O)c3ccc(Cl)cc3Cl)c2)c1. The molecule has 0 saturated carbocycles. The van der Waals surface area contributed by atoms with Gasteiger partial charge >= 0.3 is 0 Å². The minimum atomic E-state index is -0.171. The maximum Gasteiger partial charge on any atom is 0.255 e. The highest BCUT2D eigenvalue weighted by molar-refractivity contribution is 8.00. The third-order valence-electron chi connectivity index (χ3n) is 3.97. The maximum atomic E-state index is 12.4. The van der Waals surface area contributed by atoms with Gasteiger partial charge in [0, 0.05) is 26.7 Å². The second-order valence-electron chi connectivity index (χ2n) is 6.19. The van der Waals surface area contributed by atoms with Crippen LogP contribution in [-0.2, 0) is 0 Å². The van der Waals surface area contributed by atoms with Crippen LogP contribution >= 0.6 is 35.0 Å². The van der Waals surface area contributed by atoms with Crippen molar-refractivity contribution in [3.63, 3.8) is 0 Å². The first-order valence-corrected chi connectivity index (χ1v) is 10.3. The van der Waals surface area contributed by atoms with Crippen LogP contribution in [0.2, 0.25) is 10.0 Å². The summed E-state index contributed by atoms with van der Waals surface area (Å²) in [6.07, 6.45) is 0. The van der Waals surface area contributed by atoms with Gasteiger partial charge in [-0.2, -0.15) is 0 Å². The average molecular weight is 430 g/mol. The molecule has 0 aliphatic carbocycles. The van der Waals surface area contributed by atoms with E-state index in [0.29, 0.717) is 26.9 Å². The smallest absolute Gasteiger partial charge is 0.255 e. The van der Waals surface area contributed by atoms with Crippen molar-refractivity contribution in [1.82, 2.24) is 0 Å². The molecule has 0 fully saturated rings. The minimum Gasteiger partial charge on any atom is -0.322 e. The van der Waals surface area contributed by atoms with Crippen molar-refractivity contribution < 1.29 is 9.59 Å². The van der Waals surface area contributed by atoms with Gasteiger partial charge in [-0.1, -0.05) is 47.0 Å². The number of anilines is 1. The van der Waals surface area contributed by atoms with Gasteiger partial charge in [-0.15, -0.1) is 11.8 Å². The first-order chi connectivity index (χ1) is 13.4. The van der Waals surface area contributed by atoms with E-state index in [1.165, 1.54) is 11.8 Å². The van der Waals surface area contributed by atoms with Crippen LogP contribution in [0.4, 0.5) is 5.69 Å². The van der Waals surface area contributed by atoms with Crippen LogP contribution in [0.25, 0.3) is 0 Å². The zero-order chi connectivity index (χ0) is 20.1. The molecule has 0 spiro atoms. The summed E-state index contributed by atoms with van der Waals surface area (Å²) in [4.78, 5) is 25.7. The van der Waals surface area contributed by atoms with Gasteiger partial charge in [-0.05, 0) is 55.5 Å². The summed E-state index contributed by atoms with van der Waals surface area (Å²) < 4.78 is 0. The Kier molecular flexibility index (Phi) is 6.79.